The van der Waals surface area contributed by atoms with Gasteiger partial charge in [-0.2, -0.15) is 0 Å². The second-order valence-electron chi connectivity index (χ2n) is 7.24. The number of Topliss-reactive ketones (excluding diaryl/α,β-unsaturated/α-hetero) is 1. The molecule has 0 saturated heterocycles. The summed E-state index contributed by atoms with van der Waals surface area (Å²) in [5, 5.41) is 9.30. The zero-order chi connectivity index (χ0) is 20.4. The van der Waals surface area contributed by atoms with Gasteiger partial charge in [0.25, 0.3) is 0 Å². The first-order chi connectivity index (χ1) is 13.3. The van der Waals surface area contributed by atoms with Gasteiger partial charge in [0.2, 0.25) is 0 Å². The number of hydrogen-bond acceptors (Lipinski definition) is 4. The lowest BCUT2D eigenvalue weighted by molar-refractivity contribution is -0.114. The lowest BCUT2D eigenvalue weighted by Crippen LogP contribution is -2.24. The molecule has 0 heterocycles. The van der Waals surface area contributed by atoms with E-state index < -0.39 is 18.0 Å². The van der Waals surface area contributed by atoms with Gasteiger partial charge in [-0.3, -0.25) is 4.79 Å². The summed E-state index contributed by atoms with van der Waals surface area (Å²) >= 11 is 0. The summed E-state index contributed by atoms with van der Waals surface area (Å²) < 4.78 is 5.63. The van der Waals surface area contributed by atoms with Crippen molar-refractivity contribution in [3.8, 4) is 0 Å². The lowest BCUT2D eigenvalue weighted by atomic mass is 10.00. The molecule has 5 heteroatoms. The minimum atomic E-state index is -1.20. The standard InChI is InChI=1S/C23H22O5/c1-13-8-9-16(14(2)10-13)12-19-20(24)11-15(3)21(19)28-23(27)18-7-5-4-6-17(18)22(25)26/h4-10,12,15,21H,11H2,1-3H3,(H,25,26)/b19-12+. The summed E-state index contributed by atoms with van der Waals surface area (Å²) in [6, 6.07) is 11.8. The quantitative estimate of drug-likeness (QED) is 0.636. The smallest absolute Gasteiger partial charge is 0.339 e. The Labute approximate surface area is 163 Å². The predicted molar refractivity (Wildman–Crippen MR) is 105 cm³/mol. The van der Waals surface area contributed by atoms with Crippen LogP contribution in [0, 0.1) is 19.8 Å². The van der Waals surface area contributed by atoms with Crippen LogP contribution in [0.1, 0.15) is 50.8 Å². The van der Waals surface area contributed by atoms with E-state index in [1.54, 1.807) is 18.2 Å². The van der Waals surface area contributed by atoms with E-state index in [1.807, 2.05) is 39.0 Å². The molecular weight excluding hydrogens is 356 g/mol. The van der Waals surface area contributed by atoms with Crippen LogP contribution in [0.3, 0.4) is 0 Å². The summed E-state index contributed by atoms with van der Waals surface area (Å²) in [6.07, 6.45) is 1.36. The van der Waals surface area contributed by atoms with Crippen molar-refractivity contribution in [3.63, 3.8) is 0 Å². The Hall–Kier alpha value is -3.21. The van der Waals surface area contributed by atoms with E-state index in [1.165, 1.54) is 12.1 Å². The molecule has 144 valence electrons. The first-order valence-corrected chi connectivity index (χ1v) is 9.13. The molecule has 2 aromatic rings. The second-order valence-corrected chi connectivity index (χ2v) is 7.24. The van der Waals surface area contributed by atoms with Crippen molar-refractivity contribution in [3.05, 3.63) is 75.9 Å². The van der Waals surface area contributed by atoms with Gasteiger partial charge in [0.05, 0.1) is 11.1 Å². The predicted octanol–water partition coefficient (Wildman–Crippen LogP) is 4.22. The van der Waals surface area contributed by atoms with Crippen LogP contribution in [0.2, 0.25) is 0 Å². The molecule has 1 aliphatic rings. The number of hydrogen-bond donors (Lipinski definition) is 1. The Kier molecular flexibility index (Phi) is 5.45. The molecule has 1 aliphatic carbocycles. The van der Waals surface area contributed by atoms with Gasteiger partial charge in [-0.15, -0.1) is 0 Å². The van der Waals surface area contributed by atoms with E-state index >= 15 is 0 Å². The maximum absolute atomic E-state index is 12.7. The third-order valence-electron chi connectivity index (χ3n) is 5.00. The molecular formula is C23H22O5. The molecule has 2 unspecified atom stereocenters. The van der Waals surface area contributed by atoms with Crippen LogP contribution < -0.4 is 0 Å². The van der Waals surface area contributed by atoms with E-state index in [0.717, 1.165) is 16.7 Å². The number of ether oxygens (including phenoxy) is 1. The van der Waals surface area contributed by atoms with Crippen molar-refractivity contribution in [2.45, 2.75) is 33.3 Å². The highest BCUT2D eigenvalue weighted by Gasteiger charge is 2.38. The van der Waals surface area contributed by atoms with E-state index in [9.17, 15) is 19.5 Å². The molecule has 0 aliphatic heterocycles. The van der Waals surface area contributed by atoms with Crippen molar-refractivity contribution in [1.29, 1.82) is 0 Å². The topological polar surface area (TPSA) is 80.7 Å². The normalized spacial score (nSPS) is 20.4. The molecule has 1 N–H and O–H groups in total. The van der Waals surface area contributed by atoms with Gasteiger partial charge in [0.15, 0.2) is 5.78 Å². The summed E-state index contributed by atoms with van der Waals surface area (Å²) in [5.41, 5.74) is 3.35. The third kappa shape index (κ3) is 3.88. The number of carboxylic acid groups (broad SMARTS) is 1. The number of benzene rings is 2. The molecule has 1 fully saturated rings. The van der Waals surface area contributed by atoms with Crippen molar-refractivity contribution in [2.75, 3.05) is 0 Å². The number of carbonyl (C=O) groups excluding carboxylic acids is 2. The summed E-state index contributed by atoms with van der Waals surface area (Å²) in [4.78, 5) is 36.6. The Bertz CT molecular complexity index is 986. The third-order valence-corrected chi connectivity index (χ3v) is 5.00. The van der Waals surface area contributed by atoms with Crippen LogP contribution in [0.15, 0.2) is 48.0 Å². The zero-order valence-corrected chi connectivity index (χ0v) is 16.1. The number of ketones is 1. The molecule has 3 rings (SSSR count). The van der Waals surface area contributed by atoms with Crippen molar-refractivity contribution in [2.24, 2.45) is 5.92 Å². The first-order valence-electron chi connectivity index (χ1n) is 9.13. The molecule has 0 radical (unpaired) electrons. The van der Waals surface area contributed by atoms with Gasteiger partial charge in [0.1, 0.15) is 6.10 Å². The Balaban J connectivity index is 1.93. The largest absolute Gasteiger partial charge is 0.478 e. The van der Waals surface area contributed by atoms with Gasteiger partial charge in [-0.05, 0) is 43.2 Å². The van der Waals surface area contributed by atoms with Gasteiger partial charge >= 0.3 is 11.9 Å². The average Bonchev–Trinajstić information content (AvgIpc) is 2.90. The fraction of sp³-hybridized carbons (Fsp3) is 0.261. The molecule has 28 heavy (non-hydrogen) atoms. The summed E-state index contributed by atoms with van der Waals surface area (Å²) in [6.45, 7) is 5.81. The van der Waals surface area contributed by atoms with Crippen molar-refractivity contribution in [1.82, 2.24) is 0 Å². The number of aromatic carboxylic acids is 1. The van der Waals surface area contributed by atoms with Crippen LogP contribution in [-0.4, -0.2) is 28.9 Å². The highest BCUT2D eigenvalue weighted by molar-refractivity contribution is 6.05. The van der Waals surface area contributed by atoms with Gasteiger partial charge < -0.3 is 9.84 Å². The van der Waals surface area contributed by atoms with E-state index in [-0.39, 0.29) is 29.2 Å². The van der Waals surface area contributed by atoms with E-state index in [0.29, 0.717) is 5.57 Å². The summed E-state index contributed by atoms with van der Waals surface area (Å²) in [7, 11) is 0. The minimum Gasteiger partial charge on any atom is -0.478 e. The van der Waals surface area contributed by atoms with Crippen LogP contribution >= 0.6 is 0 Å². The summed E-state index contributed by atoms with van der Waals surface area (Å²) in [5.74, 6) is -2.17. The zero-order valence-electron chi connectivity index (χ0n) is 16.1. The molecule has 0 bridgehead atoms. The maximum atomic E-state index is 12.7. The fourth-order valence-corrected chi connectivity index (χ4v) is 3.51. The van der Waals surface area contributed by atoms with Gasteiger partial charge in [-0.1, -0.05) is 42.8 Å². The molecule has 2 aromatic carbocycles. The number of rotatable bonds is 4. The first kappa shape index (κ1) is 19.5. The minimum absolute atomic E-state index is 0.0209. The van der Waals surface area contributed by atoms with Crippen molar-refractivity contribution >= 4 is 23.8 Å². The molecule has 5 nitrogen and oxygen atoms in total. The van der Waals surface area contributed by atoms with Crippen LogP contribution in [-0.2, 0) is 9.53 Å². The SMILES string of the molecule is Cc1ccc(/C=C2\C(=O)CC(C)C2OC(=O)c2ccccc2C(=O)O)c(C)c1. The van der Waals surface area contributed by atoms with Crippen molar-refractivity contribution < 1.29 is 24.2 Å². The number of aryl methyl sites for hydroxylation is 2. The monoisotopic (exact) mass is 378 g/mol. The average molecular weight is 378 g/mol. The van der Waals surface area contributed by atoms with E-state index in [2.05, 4.69) is 0 Å². The van der Waals surface area contributed by atoms with Gasteiger partial charge in [-0.25, -0.2) is 9.59 Å². The lowest BCUT2D eigenvalue weighted by Gasteiger charge is -2.18. The van der Waals surface area contributed by atoms with Crippen LogP contribution in [0.25, 0.3) is 6.08 Å². The Morgan fingerprint density at radius 3 is 2.43 bits per heavy atom. The molecule has 2 atom stereocenters. The Morgan fingerprint density at radius 1 is 1.11 bits per heavy atom. The highest BCUT2D eigenvalue weighted by atomic mass is 16.5. The second kappa shape index (κ2) is 7.80. The molecule has 0 amide bonds. The van der Waals surface area contributed by atoms with Crippen LogP contribution in [0.4, 0.5) is 0 Å². The number of carbonyl (C=O) groups is 3. The molecule has 0 aromatic heterocycles. The molecule has 0 spiro atoms. The maximum Gasteiger partial charge on any atom is 0.339 e. The highest BCUT2D eigenvalue weighted by Crippen LogP contribution is 2.33. The number of esters is 1. The van der Waals surface area contributed by atoms with E-state index in [4.69, 9.17) is 4.74 Å². The number of carboxylic acids is 1. The van der Waals surface area contributed by atoms with Gasteiger partial charge in [0, 0.05) is 17.9 Å². The fourth-order valence-electron chi connectivity index (χ4n) is 3.51. The Morgan fingerprint density at radius 2 is 1.79 bits per heavy atom. The molecule has 1 saturated carbocycles. The van der Waals surface area contributed by atoms with Crippen LogP contribution in [0.5, 0.6) is 0 Å².